The summed E-state index contributed by atoms with van der Waals surface area (Å²) in [5.74, 6) is 0.928. The van der Waals surface area contributed by atoms with Crippen LogP contribution in [0.25, 0.3) is 0 Å². The zero-order chi connectivity index (χ0) is 13.1. The van der Waals surface area contributed by atoms with Crippen LogP contribution in [0.1, 0.15) is 35.6 Å². The minimum atomic E-state index is -0.216. The number of rotatable bonds is 3. The van der Waals surface area contributed by atoms with Gasteiger partial charge in [-0.3, -0.25) is 0 Å². The second-order valence-electron chi connectivity index (χ2n) is 3.88. The molecule has 18 heavy (non-hydrogen) atoms. The molecule has 0 fully saturated rings. The third kappa shape index (κ3) is 2.10. The highest BCUT2D eigenvalue weighted by Gasteiger charge is 2.16. The Balaban J connectivity index is 2.30. The Hall–Kier alpha value is -2.56. The van der Waals surface area contributed by atoms with Crippen molar-refractivity contribution < 1.29 is 0 Å². The van der Waals surface area contributed by atoms with Crippen molar-refractivity contribution in [1.29, 1.82) is 5.26 Å². The van der Waals surface area contributed by atoms with Crippen molar-refractivity contribution in [3.8, 4) is 6.07 Å². The number of H-pyrrole nitrogens is 1. The SMILES string of the molecule is Cc1nnc(NC(C)c2nn[nH]n2)c(C#N)c1C. The minimum Gasteiger partial charge on any atom is -0.358 e. The first-order valence-corrected chi connectivity index (χ1v) is 5.37. The van der Waals surface area contributed by atoms with E-state index < -0.39 is 0 Å². The molecule has 0 saturated carbocycles. The third-order valence-corrected chi connectivity index (χ3v) is 2.67. The number of nitrogens with one attached hydrogen (secondary N) is 2. The van der Waals surface area contributed by atoms with E-state index in [0.29, 0.717) is 17.2 Å². The van der Waals surface area contributed by atoms with Crippen LogP contribution in [-0.2, 0) is 0 Å². The van der Waals surface area contributed by atoms with Gasteiger partial charge in [0.25, 0.3) is 0 Å². The minimum absolute atomic E-state index is 0.216. The highest BCUT2D eigenvalue weighted by Crippen LogP contribution is 2.20. The predicted molar refractivity (Wildman–Crippen MR) is 62.4 cm³/mol. The van der Waals surface area contributed by atoms with Crippen molar-refractivity contribution in [3.05, 3.63) is 22.6 Å². The number of hydrogen-bond acceptors (Lipinski definition) is 7. The Labute approximate surface area is 103 Å². The molecule has 1 unspecified atom stereocenters. The van der Waals surface area contributed by atoms with Crippen LogP contribution >= 0.6 is 0 Å². The Kier molecular flexibility index (Phi) is 3.14. The van der Waals surface area contributed by atoms with Crippen LogP contribution in [0, 0.1) is 25.2 Å². The fraction of sp³-hybridized carbons (Fsp3) is 0.400. The van der Waals surface area contributed by atoms with Crippen molar-refractivity contribution in [3.63, 3.8) is 0 Å². The zero-order valence-corrected chi connectivity index (χ0v) is 10.3. The van der Waals surface area contributed by atoms with Crippen molar-refractivity contribution in [2.45, 2.75) is 26.8 Å². The number of hydrogen-bond donors (Lipinski definition) is 2. The molecule has 2 heterocycles. The smallest absolute Gasteiger partial charge is 0.196 e. The molecule has 0 aromatic carbocycles. The lowest BCUT2D eigenvalue weighted by Gasteiger charge is -2.12. The van der Waals surface area contributed by atoms with E-state index in [1.54, 1.807) is 0 Å². The van der Waals surface area contributed by atoms with E-state index in [1.165, 1.54) is 0 Å². The molecule has 2 aromatic rings. The van der Waals surface area contributed by atoms with Gasteiger partial charge in [-0.05, 0) is 26.3 Å². The van der Waals surface area contributed by atoms with Gasteiger partial charge in [0.15, 0.2) is 11.6 Å². The fourth-order valence-corrected chi connectivity index (χ4v) is 1.47. The lowest BCUT2D eigenvalue weighted by atomic mass is 10.1. The highest BCUT2D eigenvalue weighted by molar-refractivity contribution is 5.56. The molecule has 0 aliphatic heterocycles. The van der Waals surface area contributed by atoms with E-state index in [4.69, 9.17) is 5.26 Å². The quantitative estimate of drug-likeness (QED) is 0.814. The number of tetrazole rings is 1. The maximum Gasteiger partial charge on any atom is 0.196 e. The van der Waals surface area contributed by atoms with Gasteiger partial charge >= 0.3 is 0 Å². The van der Waals surface area contributed by atoms with Crippen LogP contribution < -0.4 is 5.32 Å². The summed E-state index contributed by atoms with van der Waals surface area (Å²) in [6, 6.07) is 1.91. The molecule has 8 nitrogen and oxygen atoms in total. The summed E-state index contributed by atoms with van der Waals surface area (Å²) < 4.78 is 0. The molecule has 0 radical (unpaired) electrons. The lowest BCUT2D eigenvalue weighted by molar-refractivity contribution is 0.779. The second-order valence-corrected chi connectivity index (χ2v) is 3.88. The molecule has 2 rings (SSSR count). The number of aromatic nitrogens is 6. The number of aryl methyl sites for hydroxylation is 1. The maximum atomic E-state index is 9.16. The summed E-state index contributed by atoms with van der Waals surface area (Å²) >= 11 is 0. The van der Waals surface area contributed by atoms with Crippen molar-refractivity contribution >= 4 is 5.82 Å². The summed E-state index contributed by atoms with van der Waals surface area (Å²) in [6.07, 6.45) is 0. The molecular weight excluding hydrogens is 232 g/mol. The molecule has 0 aliphatic carbocycles. The first-order chi connectivity index (χ1) is 8.63. The van der Waals surface area contributed by atoms with E-state index >= 15 is 0 Å². The molecule has 0 saturated heterocycles. The number of nitriles is 1. The van der Waals surface area contributed by atoms with Crippen molar-refractivity contribution in [2.75, 3.05) is 5.32 Å². The van der Waals surface area contributed by atoms with Gasteiger partial charge in [-0.1, -0.05) is 5.21 Å². The van der Waals surface area contributed by atoms with Crippen LogP contribution in [0.2, 0.25) is 0 Å². The normalized spacial score (nSPS) is 11.9. The average molecular weight is 244 g/mol. The summed E-state index contributed by atoms with van der Waals surface area (Å²) in [5.41, 5.74) is 2.04. The molecule has 1 atom stereocenters. The van der Waals surface area contributed by atoms with E-state index in [2.05, 4.69) is 42.2 Å². The average Bonchev–Trinajstić information content (AvgIpc) is 2.88. The van der Waals surface area contributed by atoms with Crippen LogP contribution in [-0.4, -0.2) is 30.8 Å². The van der Waals surface area contributed by atoms with Gasteiger partial charge in [-0.2, -0.15) is 15.6 Å². The van der Waals surface area contributed by atoms with Crippen LogP contribution in [0.4, 0.5) is 5.82 Å². The van der Waals surface area contributed by atoms with Gasteiger partial charge in [0.1, 0.15) is 11.6 Å². The molecule has 2 aromatic heterocycles. The van der Waals surface area contributed by atoms with Gasteiger partial charge < -0.3 is 5.32 Å². The van der Waals surface area contributed by atoms with E-state index in [0.717, 1.165) is 11.3 Å². The Bertz CT molecular complexity index is 583. The third-order valence-electron chi connectivity index (χ3n) is 2.67. The summed E-state index contributed by atoms with van der Waals surface area (Å²) in [4.78, 5) is 0. The van der Waals surface area contributed by atoms with E-state index in [-0.39, 0.29) is 6.04 Å². The number of aromatic amines is 1. The van der Waals surface area contributed by atoms with Crippen molar-refractivity contribution in [2.24, 2.45) is 0 Å². The second kappa shape index (κ2) is 4.75. The predicted octanol–water partition coefficient (Wildman–Crippen LogP) is 0.651. The molecule has 2 N–H and O–H groups in total. The zero-order valence-electron chi connectivity index (χ0n) is 10.3. The molecule has 0 aliphatic rings. The topological polar surface area (TPSA) is 116 Å². The molecule has 0 spiro atoms. The highest BCUT2D eigenvalue weighted by atomic mass is 15.5. The molecule has 8 heteroatoms. The van der Waals surface area contributed by atoms with Crippen LogP contribution in [0.15, 0.2) is 0 Å². The molecule has 0 bridgehead atoms. The van der Waals surface area contributed by atoms with E-state index in [1.807, 2.05) is 20.8 Å². The molecule has 92 valence electrons. The van der Waals surface area contributed by atoms with Gasteiger partial charge in [0.05, 0.1) is 11.7 Å². The largest absolute Gasteiger partial charge is 0.358 e. The number of nitrogens with zero attached hydrogens (tertiary/aromatic N) is 6. The first-order valence-electron chi connectivity index (χ1n) is 5.37. The molecule has 0 amide bonds. The standard InChI is InChI=1S/C10H12N8/c1-5-6(2)13-14-10(8(5)4-11)12-7(3)9-15-17-18-16-9/h7H,1-3H3,(H,12,14)(H,15,16,17,18). The van der Waals surface area contributed by atoms with Crippen LogP contribution in [0.5, 0.6) is 0 Å². The van der Waals surface area contributed by atoms with Gasteiger partial charge in [-0.15, -0.1) is 15.3 Å². The Morgan fingerprint density at radius 2 is 2.06 bits per heavy atom. The first kappa shape index (κ1) is 11.9. The Morgan fingerprint density at radius 3 is 2.67 bits per heavy atom. The maximum absolute atomic E-state index is 9.16. The summed E-state index contributed by atoms with van der Waals surface area (Å²) in [5, 5.41) is 33.8. The number of anilines is 1. The summed E-state index contributed by atoms with van der Waals surface area (Å²) in [7, 11) is 0. The van der Waals surface area contributed by atoms with Gasteiger partial charge in [0.2, 0.25) is 0 Å². The van der Waals surface area contributed by atoms with E-state index in [9.17, 15) is 0 Å². The monoisotopic (exact) mass is 244 g/mol. The summed E-state index contributed by atoms with van der Waals surface area (Å²) in [6.45, 7) is 5.51. The van der Waals surface area contributed by atoms with Crippen molar-refractivity contribution in [1.82, 2.24) is 30.8 Å². The lowest BCUT2D eigenvalue weighted by Crippen LogP contribution is -2.13. The van der Waals surface area contributed by atoms with Gasteiger partial charge in [0, 0.05) is 0 Å². The van der Waals surface area contributed by atoms with Crippen LogP contribution in [0.3, 0.4) is 0 Å². The molecular formula is C10H12N8. The fourth-order valence-electron chi connectivity index (χ4n) is 1.47. The Morgan fingerprint density at radius 1 is 1.28 bits per heavy atom. The van der Waals surface area contributed by atoms with Gasteiger partial charge in [-0.25, -0.2) is 0 Å².